The summed E-state index contributed by atoms with van der Waals surface area (Å²) < 4.78 is 0. The maximum atomic E-state index is 12.6. The molecule has 0 unspecified atom stereocenters. The summed E-state index contributed by atoms with van der Waals surface area (Å²) in [6.07, 6.45) is 1.63. The monoisotopic (exact) mass is 345 g/mol. The number of hydrogen-bond donors (Lipinski definition) is 2. The van der Waals surface area contributed by atoms with Crippen LogP contribution < -0.4 is 10.6 Å². The molecule has 0 aromatic heterocycles. The maximum Gasteiger partial charge on any atom is 0.323 e. The number of hydrogen-bond acceptors (Lipinski definition) is 2. The molecule has 0 saturated carbocycles. The Hall–Kier alpha value is -3.06. The summed E-state index contributed by atoms with van der Waals surface area (Å²) in [5.74, 6) is 0. The Labute approximate surface area is 154 Å². The lowest BCUT2D eigenvalue weighted by Crippen LogP contribution is -2.35. The minimum atomic E-state index is -0.339. The van der Waals surface area contributed by atoms with E-state index < -0.39 is 0 Å². The smallest absolute Gasteiger partial charge is 0.308 e. The molecular weight excluding hydrogens is 322 g/mol. The van der Waals surface area contributed by atoms with Crippen molar-refractivity contribution in [1.82, 2.24) is 5.32 Å². The van der Waals surface area contributed by atoms with E-state index in [0.717, 1.165) is 35.2 Å². The third-order valence-corrected chi connectivity index (χ3v) is 5.13. The average molecular weight is 345 g/mol. The number of rotatable bonds is 3. The van der Waals surface area contributed by atoms with Crippen molar-refractivity contribution in [2.45, 2.75) is 33.6 Å². The number of aryl methyl sites for hydroxylation is 1. The number of allylic oxidation sites excluding steroid dienone is 1. The van der Waals surface area contributed by atoms with E-state index in [4.69, 9.17) is 0 Å². The second kappa shape index (κ2) is 7.05. The quantitative estimate of drug-likeness (QED) is 0.820. The molecule has 1 aliphatic rings. The van der Waals surface area contributed by atoms with Gasteiger partial charge in [-0.3, -0.25) is 0 Å². The first-order chi connectivity index (χ1) is 12.5. The summed E-state index contributed by atoms with van der Waals surface area (Å²) in [6, 6.07) is 17.6. The Morgan fingerprint density at radius 2 is 1.96 bits per heavy atom. The van der Waals surface area contributed by atoms with Crippen LogP contribution >= 0.6 is 0 Å². The molecule has 0 radical (unpaired) electrons. The summed E-state index contributed by atoms with van der Waals surface area (Å²) in [7, 11) is 0. The number of benzene rings is 2. The van der Waals surface area contributed by atoms with Gasteiger partial charge >= 0.3 is 6.03 Å². The highest BCUT2D eigenvalue weighted by molar-refractivity contribution is 5.97. The lowest BCUT2D eigenvalue weighted by atomic mass is 9.69. The largest absolute Gasteiger partial charge is 0.323 e. The number of nitriles is 1. The van der Waals surface area contributed by atoms with Crippen molar-refractivity contribution in [1.29, 1.82) is 5.26 Å². The van der Waals surface area contributed by atoms with Crippen LogP contribution in [0.3, 0.4) is 0 Å². The topological polar surface area (TPSA) is 64.9 Å². The molecule has 0 aliphatic heterocycles. The molecule has 3 rings (SSSR count). The number of urea groups is 1. The number of nitrogens with zero attached hydrogens (tertiary/aromatic N) is 1. The van der Waals surface area contributed by atoms with Crippen LogP contribution in [-0.4, -0.2) is 6.03 Å². The molecule has 2 aromatic carbocycles. The molecule has 4 nitrogen and oxygen atoms in total. The van der Waals surface area contributed by atoms with Crippen LogP contribution in [0.15, 0.2) is 54.1 Å². The normalized spacial score (nSPS) is 18.7. The molecule has 1 atom stereocenters. The number of carbonyl (C=O) groups excluding carboxylic acids is 1. The van der Waals surface area contributed by atoms with Gasteiger partial charge in [0, 0.05) is 16.7 Å². The SMILES string of the molecule is CC[C@]1(C)Cc2ccccc2C(NC(=O)Nc2cccc(C)c2)=C1C#N. The highest BCUT2D eigenvalue weighted by Crippen LogP contribution is 2.43. The highest BCUT2D eigenvalue weighted by Gasteiger charge is 2.36. The van der Waals surface area contributed by atoms with Crippen molar-refractivity contribution in [3.8, 4) is 6.07 Å². The lowest BCUT2D eigenvalue weighted by Gasteiger charge is -2.35. The van der Waals surface area contributed by atoms with Gasteiger partial charge in [0.1, 0.15) is 0 Å². The van der Waals surface area contributed by atoms with Gasteiger partial charge in [-0.1, -0.05) is 50.2 Å². The second-order valence-corrected chi connectivity index (χ2v) is 7.06. The fourth-order valence-corrected chi connectivity index (χ4v) is 3.48. The number of amides is 2. The van der Waals surface area contributed by atoms with Crippen LogP contribution in [0.5, 0.6) is 0 Å². The van der Waals surface area contributed by atoms with E-state index in [1.165, 1.54) is 0 Å². The van der Waals surface area contributed by atoms with E-state index in [0.29, 0.717) is 11.3 Å². The molecule has 132 valence electrons. The zero-order valence-corrected chi connectivity index (χ0v) is 15.4. The van der Waals surface area contributed by atoms with E-state index >= 15 is 0 Å². The summed E-state index contributed by atoms with van der Waals surface area (Å²) in [5.41, 5.74) is 4.85. The lowest BCUT2D eigenvalue weighted by molar-refractivity contribution is 0.255. The third kappa shape index (κ3) is 3.34. The van der Waals surface area contributed by atoms with Gasteiger partial charge in [0.2, 0.25) is 0 Å². The Balaban J connectivity index is 1.97. The van der Waals surface area contributed by atoms with Crippen molar-refractivity contribution in [2.24, 2.45) is 5.41 Å². The third-order valence-electron chi connectivity index (χ3n) is 5.13. The molecule has 0 spiro atoms. The summed E-state index contributed by atoms with van der Waals surface area (Å²) in [4.78, 5) is 12.6. The van der Waals surface area contributed by atoms with E-state index in [1.54, 1.807) is 0 Å². The Morgan fingerprint density at radius 1 is 1.19 bits per heavy atom. The fraction of sp³-hybridized carbons (Fsp3) is 0.273. The van der Waals surface area contributed by atoms with Crippen LogP contribution in [0.25, 0.3) is 5.70 Å². The molecule has 0 bridgehead atoms. The van der Waals surface area contributed by atoms with Gasteiger partial charge in [0.25, 0.3) is 0 Å². The van der Waals surface area contributed by atoms with Crippen LogP contribution in [-0.2, 0) is 6.42 Å². The average Bonchev–Trinajstić information content (AvgIpc) is 2.61. The molecule has 0 heterocycles. The van der Waals surface area contributed by atoms with Gasteiger partial charge in [-0.05, 0) is 43.0 Å². The van der Waals surface area contributed by atoms with Crippen LogP contribution in [0.1, 0.15) is 37.0 Å². The zero-order chi connectivity index (χ0) is 18.7. The van der Waals surface area contributed by atoms with Crippen molar-refractivity contribution in [3.05, 3.63) is 70.8 Å². The van der Waals surface area contributed by atoms with Gasteiger partial charge in [0.15, 0.2) is 0 Å². The summed E-state index contributed by atoms with van der Waals surface area (Å²) >= 11 is 0. The molecule has 0 saturated heterocycles. The van der Waals surface area contributed by atoms with E-state index in [1.807, 2.05) is 49.4 Å². The number of carbonyl (C=O) groups is 1. The maximum absolute atomic E-state index is 12.6. The second-order valence-electron chi connectivity index (χ2n) is 7.06. The van der Waals surface area contributed by atoms with Gasteiger partial charge < -0.3 is 10.6 Å². The number of fused-ring (bicyclic) bond motifs is 1. The van der Waals surface area contributed by atoms with Crippen LogP contribution in [0.2, 0.25) is 0 Å². The molecule has 2 N–H and O–H groups in total. The first-order valence-electron chi connectivity index (χ1n) is 8.84. The first-order valence-corrected chi connectivity index (χ1v) is 8.84. The van der Waals surface area contributed by atoms with Gasteiger partial charge in [-0.15, -0.1) is 0 Å². The minimum absolute atomic E-state index is 0.283. The van der Waals surface area contributed by atoms with Gasteiger partial charge in [0.05, 0.1) is 17.3 Å². The standard InChI is InChI=1S/C22H23N3O/c1-4-22(3)13-16-9-5-6-11-18(16)20(19(22)14-23)25-21(26)24-17-10-7-8-15(2)12-17/h5-12H,4,13H2,1-3H3,(H2,24,25,26)/t22-/m1/s1. The fourth-order valence-electron chi connectivity index (χ4n) is 3.48. The van der Waals surface area contributed by atoms with Crippen molar-refractivity contribution < 1.29 is 4.79 Å². The molecule has 26 heavy (non-hydrogen) atoms. The molecule has 2 aromatic rings. The number of anilines is 1. The minimum Gasteiger partial charge on any atom is -0.308 e. The Bertz CT molecular complexity index is 923. The predicted octanol–water partition coefficient (Wildman–Crippen LogP) is 5.02. The first kappa shape index (κ1) is 17.8. The zero-order valence-electron chi connectivity index (χ0n) is 15.4. The van der Waals surface area contributed by atoms with Crippen molar-refractivity contribution >= 4 is 17.4 Å². The molecule has 1 aliphatic carbocycles. The van der Waals surface area contributed by atoms with E-state index in [9.17, 15) is 10.1 Å². The van der Waals surface area contributed by atoms with Crippen LogP contribution in [0, 0.1) is 23.7 Å². The highest BCUT2D eigenvalue weighted by atomic mass is 16.2. The van der Waals surface area contributed by atoms with Gasteiger partial charge in [-0.2, -0.15) is 5.26 Å². The van der Waals surface area contributed by atoms with Gasteiger partial charge in [-0.25, -0.2) is 4.79 Å². The molecule has 2 amide bonds. The van der Waals surface area contributed by atoms with E-state index in [2.05, 4.69) is 36.6 Å². The van der Waals surface area contributed by atoms with Crippen molar-refractivity contribution in [2.75, 3.05) is 5.32 Å². The summed E-state index contributed by atoms with van der Waals surface area (Å²) in [6.45, 7) is 6.14. The molecule has 0 fully saturated rings. The van der Waals surface area contributed by atoms with E-state index in [-0.39, 0.29) is 11.4 Å². The Kier molecular flexibility index (Phi) is 4.81. The predicted molar refractivity (Wildman–Crippen MR) is 104 cm³/mol. The van der Waals surface area contributed by atoms with Crippen LogP contribution in [0.4, 0.5) is 10.5 Å². The molecule has 4 heteroatoms. The van der Waals surface area contributed by atoms with Crippen molar-refractivity contribution in [3.63, 3.8) is 0 Å². The molecular formula is C22H23N3O. The Morgan fingerprint density at radius 3 is 2.65 bits per heavy atom. The number of nitrogens with one attached hydrogen (secondary N) is 2. The summed E-state index contributed by atoms with van der Waals surface area (Å²) in [5, 5.41) is 15.6.